The van der Waals surface area contributed by atoms with E-state index in [4.69, 9.17) is 5.11 Å². The molecule has 5 nitrogen and oxygen atoms in total. The van der Waals surface area contributed by atoms with Gasteiger partial charge in [0, 0.05) is 25.4 Å². The average Bonchev–Trinajstić information content (AvgIpc) is 2.53. The molecule has 1 aromatic rings. The zero-order chi connectivity index (χ0) is 17.7. The molecule has 0 aliphatic heterocycles. The highest BCUT2D eigenvalue weighted by atomic mass is 19.3. The van der Waals surface area contributed by atoms with Gasteiger partial charge in [0.15, 0.2) is 0 Å². The predicted octanol–water partition coefficient (Wildman–Crippen LogP) is 3.40. The number of alkyl halides is 2. The van der Waals surface area contributed by atoms with Gasteiger partial charge in [0.2, 0.25) is 5.92 Å². The zero-order valence-electron chi connectivity index (χ0n) is 13.5. The molecular weight excluding hydrogens is 318 g/mol. The smallest absolute Gasteiger partial charge is 0.335 e. The number of rotatable bonds is 5. The monoisotopic (exact) mass is 340 g/mol. The molecule has 1 atom stereocenters. The molecular formula is C17H22F2N2O3. The van der Waals surface area contributed by atoms with Crippen LogP contribution in [0.5, 0.6) is 0 Å². The van der Waals surface area contributed by atoms with Gasteiger partial charge in [0.1, 0.15) is 0 Å². The Morgan fingerprint density at radius 3 is 2.38 bits per heavy atom. The number of carbonyl (C=O) groups excluding carboxylic acids is 1. The largest absolute Gasteiger partial charge is 0.478 e. The summed E-state index contributed by atoms with van der Waals surface area (Å²) in [6.45, 7) is 2.09. The molecule has 0 radical (unpaired) electrons. The predicted molar refractivity (Wildman–Crippen MR) is 85.1 cm³/mol. The maximum absolute atomic E-state index is 13.2. The Hall–Kier alpha value is -2.18. The fourth-order valence-corrected chi connectivity index (χ4v) is 2.89. The summed E-state index contributed by atoms with van der Waals surface area (Å²) in [5.41, 5.74) is 0.964. The first kappa shape index (κ1) is 18.2. The van der Waals surface area contributed by atoms with Gasteiger partial charge in [0.25, 0.3) is 0 Å². The van der Waals surface area contributed by atoms with Crippen LogP contribution in [0.2, 0.25) is 0 Å². The van der Waals surface area contributed by atoms with Crippen molar-refractivity contribution in [2.75, 3.05) is 0 Å². The lowest BCUT2D eigenvalue weighted by Gasteiger charge is -2.32. The molecule has 0 spiro atoms. The van der Waals surface area contributed by atoms with Gasteiger partial charge in [-0.05, 0) is 43.4 Å². The van der Waals surface area contributed by atoms with Crippen molar-refractivity contribution in [1.29, 1.82) is 0 Å². The summed E-state index contributed by atoms with van der Waals surface area (Å²) in [5.74, 6) is -3.51. The molecule has 1 aromatic carbocycles. The average molecular weight is 340 g/mol. The fourth-order valence-electron chi connectivity index (χ4n) is 2.89. The molecule has 1 fully saturated rings. The number of hydrogen-bond donors (Lipinski definition) is 3. The van der Waals surface area contributed by atoms with Crippen LogP contribution in [0.25, 0.3) is 0 Å². The molecule has 0 saturated heterocycles. The van der Waals surface area contributed by atoms with E-state index < -0.39 is 11.9 Å². The van der Waals surface area contributed by atoms with Crippen LogP contribution in [0, 0.1) is 5.92 Å². The van der Waals surface area contributed by atoms with Crippen LogP contribution in [0.1, 0.15) is 48.5 Å². The third kappa shape index (κ3) is 5.18. The van der Waals surface area contributed by atoms with Gasteiger partial charge in [-0.15, -0.1) is 0 Å². The lowest BCUT2D eigenvalue weighted by Crippen LogP contribution is -2.45. The summed E-state index contributed by atoms with van der Waals surface area (Å²) in [7, 11) is 0. The lowest BCUT2D eigenvalue weighted by atomic mass is 9.83. The Morgan fingerprint density at radius 2 is 1.83 bits per heavy atom. The Morgan fingerprint density at radius 1 is 1.25 bits per heavy atom. The van der Waals surface area contributed by atoms with Gasteiger partial charge in [-0.2, -0.15) is 0 Å². The summed E-state index contributed by atoms with van der Waals surface area (Å²) in [5, 5.41) is 14.3. The van der Waals surface area contributed by atoms with Crippen molar-refractivity contribution in [3.05, 3.63) is 35.4 Å². The number of halogens is 2. The van der Waals surface area contributed by atoms with Crippen LogP contribution in [-0.2, 0) is 6.54 Å². The van der Waals surface area contributed by atoms with Crippen LogP contribution in [0.15, 0.2) is 24.3 Å². The lowest BCUT2D eigenvalue weighted by molar-refractivity contribution is -0.0484. The van der Waals surface area contributed by atoms with Crippen molar-refractivity contribution in [3.8, 4) is 0 Å². The first-order valence-corrected chi connectivity index (χ1v) is 8.01. The number of hydrogen-bond acceptors (Lipinski definition) is 2. The first-order chi connectivity index (χ1) is 11.3. The highest BCUT2D eigenvalue weighted by Gasteiger charge is 2.36. The van der Waals surface area contributed by atoms with Crippen molar-refractivity contribution in [2.24, 2.45) is 5.92 Å². The van der Waals surface area contributed by atoms with Crippen molar-refractivity contribution >= 4 is 12.0 Å². The molecule has 7 heteroatoms. The highest BCUT2D eigenvalue weighted by Crippen LogP contribution is 2.37. The van der Waals surface area contributed by atoms with Crippen LogP contribution < -0.4 is 10.6 Å². The first-order valence-electron chi connectivity index (χ1n) is 8.01. The molecule has 132 valence electrons. The van der Waals surface area contributed by atoms with Crippen LogP contribution in [0.3, 0.4) is 0 Å². The van der Waals surface area contributed by atoms with E-state index in [0.29, 0.717) is 12.8 Å². The maximum atomic E-state index is 13.2. The van der Waals surface area contributed by atoms with Gasteiger partial charge in [-0.25, -0.2) is 18.4 Å². The standard InChI is InChI=1S/C17H22F2N2O3/c1-11(13-6-8-17(18,19)9-7-13)21-16(24)20-10-12-2-4-14(5-3-12)15(22)23/h2-5,11,13H,6-10H2,1H3,(H,22,23)(H2,20,21,24). The van der Waals surface area contributed by atoms with Gasteiger partial charge in [0.05, 0.1) is 5.56 Å². The van der Waals surface area contributed by atoms with E-state index in [-0.39, 0.29) is 42.9 Å². The zero-order valence-corrected chi connectivity index (χ0v) is 13.5. The molecule has 0 bridgehead atoms. The third-order valence-corrected chi connectivity index (χ3v) is 4.48. The van der Waals surface area contributed by atoms with Crippen molar-refractivity contribution in [1.82, 2.24) is 10.6 Å². The molecule has 24 heavy (non-hydrogen) atoms. The Labute approximate surface area is 139 Å². The normalized spacial score (nSPS) is 18.6. The number of carboxylic acids is 1. The topological polar surface area (TPSA) is 78.4 Å². The number of carbonyl (C=O) groups is 2. The Balaban J connectivity index is 1.75. The summed E-state index contributed by atoms with van der Waals surface area (Å²) >= 11 is 0. The SMILES string of the molecule is CC(NC(=O)NCc1ccc(C(=O)O)cc1)C1CCC(F)(F)CC1. The summed E-state index contributed by atoms with van der Waals surface area (Å²) in [4.78, 5) is 22.7. The van der Waals surface area contributed by atoms with E-state index in [9.17, 15) is 18.4 Å². The molecule has 1 unspecified atom stereocenters. The number of urea groups is 1. The Kier molecular flexibility index (Phi) is 5.75. The molecule has 0 heterocycles. The number of nitrogens with one attached hydrogen (secondary N) is 2. The minimum Gasteiger partial charge on any atom is -0.478 e. The quantitative estimate of drug-likeness (QED) is 0.769. The minimum absolute atomic E-state index is 0.0604. The van der Waals surface area contributed by atoms with Gasteiger partial charge in [-0.1, -0.05) is 12.1 Å². The van der Waals surface area contributed by atoms with E-state index in [2.05, 4.69) is 10.6 Å². The number of carboxylic acid groups (broad SMARTS) is 1. The fraction of sp³-hybridized carbons (Fsp3) is 0.529. The highest BCUT2D eigenvalue weighted by molar-refractivity contribution is 5.87. The van der Waals surface area contributed by atoms with E-state index in [1.807, 2.05) is 6.92 Å². The minimum atomic E-state index is -2.57. The van der Waals surface area contributed by atoms with Crippen LogP contribution in [-0.4, -0.2) is 29.1 Å². The number of amides is 2. The maximum Gasteiger partial charge on any atom is 0.335 e. The molecule has 1 aliphatic rings. The molecule has 1 saturated carbocycles. The van der Waals surface area contributed by atoms with Crippen molar-refractivity contribution < 1.29 is 23.5 Å². The Bertz CT molecular complexity index is 580. The summed E-state index contributed by atoms with van der Waals surface area (Å²) in [6, 6.07) is 5.69. The van der Waals surface area contributed by atoms with Gasteiger partial charge in [-0.3, -0.25) is 0 Å². The molecule has 3 N–H and O–H groups in total. The molecule has 0 aromatic heterocycles. The van der Waals surface area contributed by atoms with Crippen molar-refractivity contribution in [2.45, 2.75) is 51.1 Å². The number of aromatic carboxylic acids is 1. The van der Waals surface area contributed by atoms with Gasteiger partial charge >= 0.3 is 12.0 Å². The van der Waals surface area contributed by atoms with Crippen LogP contribution >= 0.6 is 0 Å². The summed E-state index contributed by atoms with van der Waals surface area (Å²) in [6.07, 6.45) is 0.568. The third-order valence-electron chi connectivity index (χ3n) is 4.48. The second kappa shape index (κ2) is 7.59. The molecule has 1 aliphatic carbocycles. The molecule has 2 rings (SSSR count). The van der Waals surface area contributed by atoms with Crippen molar-refractivity contribution in [3.63, 3.8) is 0 Å². The second-order valence-electron chi connectivity index (χ2n) is 6.31. The molecule has 2 amide bonds. The van der Waals surface area contributed by atoms with E-state index in [0.717, 1.165) is 5.56 Å². The second-order valence-corrected chi connectivity index (χ2v) is 6.31. The van der Waals surface area contributed by atoms with Gasteiger partial charge < -0.3 is 15.7 Å². The van der Waals surface area contributed by atoms with Crippen LogP contribution in [0.4, 0.5) is 13.6 Å². The number of benzene rings is 1. The van der Waals surface area contributed by atoms with E-state index in [1.54, 1.807) is 12.1 Å². The van der Waals surface area contributed by atoms with E-state index >= 15 is 0 Å². The van der Waals surface area contributed by atoms with E-state index in [1.165, 1.54) is 12.1 Å². The summed E-state index contributed by atoms with van der Waals surface area (Å²) < 4.78 is 26.3.